The first-order valence-corrected chi connectivity index (χ1v) is 12.8. The van der Waals surface area contributed by atoms with Crippen molar-refractivity contribution in [1.82, 2.24) is 10.2 Å². The molecule has 190 valence electrons. The van der Waals surface area contributed by atoms with Crippen LogP contribution in [0.3, 0.4) is 0 Å². The zero-order chi connectivity index (χ0) is 26.1. The van der Waals surface area contributed by atoms with E-state index < -0.39 is 6.04 Å². The second-order valence-corrected chi connectivity index (χ2v) is 9.59. The third-order valence-electron chi connectivity index (χ3n) is 6.15. The average Bonchev–Trinajstić information content (AvgIpc) is 2.88. The molecule has 0 heterocycles. The highest BCUT2D eigenvalue weighted by Gasteiger charge is 2.31. The molecule has 0 aliphatic rings. The smallest absolute Gasteiger partial charge is 0.243 e. The highest BCUT2D eigenvalue weighted by molar-refractivity contribution is 6.36. The van der Waals surface area contributed by atoms with Gasteiger partial charge >= 0.3 is 0 Å². The van der Waals surface area contributed by atoms with E-state index in [9.17, 15) is 9.59 Å². The van der Waals surface area contributed by atoms with Gasteiger partial charge in [0.15, 0.2) is 0 Å². The average molecular weight is 527 g/mol. The standard InChI is InChI=1S/C29H32Cl2N2O3/c1-4-20(2)32-29(35)27(17-21-10-6-5-7-11-21)33(19-22-12-8-13-23(16-22)36-3)28(34)18-24-25(30)14-9-15-26(24)31/h5-16,20,27H,4,17-19H2,1-3H3,(H,32,35)/t20-,27+/m0/s1. The van der Waals surface area contributed by atoms with Crippen LogP contribution < -0.4 is 10.1 Å². The molecule has 0 bridgehead atoms. The zero-order valence-electron chi connectivity index (χ0n) is 20.8. The third kappa shape index (κ3) is 7.49. The maximum atomic E-state index is 13.9. The van der Waals surface area contributed by atoms with E-state index in [0.717, 1.165) is 17.5 Å². The lowest BCUT2D eigenvalue weighted by atomic mass is 10.0. The molecule has 1 N–H and O–H groups in total. The number of hydrogen-bond acceptors (Lipinski definition) is 3. The first kappa shape index (κ1) is 27.6. The van der Waals surface area contributed by atoms with E-state index >= 15 is 0 Å². The van der Waals surface area contributed by atoms with Crippen molar-refractivity contribution in [3.8, 4) is 5.75 Å². The Morgan fingerprint density at radius 2 is 1.58 bits per heavy atom. The summed E-state index contributed by atoms with van der Waals surface area (Å²) in [6, 6.07) is 21.6. The fourth-order valence-electron chi connectivity index (χ4n) is 3.92. The van der Waals surface area contributed by atoms with E-state index in [2.05, 4.69) is 5.32 Å². The second kappa shape index (κ2) is 13.3. The Bertz CT molecular complexity index is 1150. The van der Waals surface area contributed by atoms with Crippen LogP contribution >= 0.6 is 23.2 Å². The van der Waals surface area contributed by atoms with Gasteiger partial charge in [-0.3, -0.25) is 9.59 Å². The van der Waals surface area contributed by atoms with Gasteiger partial charge in [-0.2, -0.15) is 0 Å². The zero-order valence-corrected chi connectivity index (χ0v) is 22.4. The monoisotopic (exact) mass is 526 g/mol. The normalized spacial score (nSPS) is 12.5. The predicted octanol–water partition coefficient (Wildman–Crippen LogP) is 6.10. The first-order chi connectivity index (χ1) is 17.3. The number of carbonyl (C=O) groups is 2. The van der Waals surface area contributed by atoms with Gasteiger partial charge in [0.2, 0.25) is 11.8 Å². The van der Waals surface area contributed by atoms with Crippen LogP contribution in [0.4, 0.5) is 0 Å². The molecule has 5 nitrogen and oxygen atoms in total. The van der Waals surface area contributed by atoms with Crippen LogP contribution in [0.25, 0.3) is 0 Å². The molecule has 0 unspecified atom stereocenters. The molecule has 0 saturated carbocycles. The fourth-order valence-corrected chi connectivity index (χ4v) is 4.45. The van der Waals surface area contributed by atoms with Gasteiger partial charge in [0.25, 0.3) is 0 Å². The number of carbonyl (C=O) groups excluding carboxylic acids is 2. The number of halogens is 2. The minimum atomic E-state index is -0.735. The molecule has 0 spiro atoms. The number of ether oxygens (including phenoxy) is 1. The van der Waals surface area contributed by atoms with Crippen LogP contribution in [0.1, 0.15) is 37.0 Å². The number of benzene rings is 3. The van der Waals surface area contributed by atoms with Gasteiger partial charge in [-0.15, -0.1) is 0 Å². The van der Waals surface area contributed by atoms with Crippen LogP contribution in [0.2, 0.25) is 10.0 Å². The summed E-state index contributed by atoms with van der Waals surface area (Å²) in [7, 11) is 1.60. The molecule has 0 aromatic heterocycles. The SMILES string of the molecule is CC[C@H](C)NC(=O)[C@@H](Cc1ccccc1)N(Cc1cccc(OC)c1)C(=O)Cc1c(Cl)cccc1Cl. The molecule has 2 amide bonds. The first-order valence-electron chi connectivity index (χ1n) is 12.0. The number of nitrogens with one attached hydrogen (secondary N) is 1. The van der Waals surface area contributed by atoms with Gasteiger partial charge in [0, 0.05) is 29.1 Å². The summed E-state index contributed by atoms with van der Waals surface area (Å²) >= 11 is 12.8. The van der Waals surface area contributed by atoms with Crippen molar-refractivity contribution in [3.63, 3.8) is 0 Å². The largest absolute Gasteiger partial charge is 0.497 e. The molecule has 0 aliphatic carbocycles. The van der Waals surface area contributed by atoms with Crippen molar-refractivity contribution in [3.05, 3.63) is 99.5 Å². The van der Waals surface area contributed by atoms with Gasteiger partial charge in [0.05, 0.1) is 13.5 Å². The molecule has 3 aromatic carbocycles. The van der Waals surface area contributed by atoms with Gasteiger partial charge < -0.3 is 15.0 Å². The van der Waals surface area contributed by atoms with Crippen LogP contribution in [-0.2, 0) is 29.0 Å². The fraction of sp³-hybridized carbons (Fsp3) is 0.310. The molecule has 0 saturated heterocycles. The summed E-state index contributed by atoms with van der Waals surface area (Å²) in [4.78, 5) is 29.1. The van der Waals surface area contributed by atoms with Crippen LogP contribution in [0.5, 0.6) is 5.75 Å². The van der Waals surface area contributed by atoms with Crippen molar-refractivity contribution in [2.45, 2.75) is 51.7 Å². The lowest BCUT2D eigenvalue weighted by Gasteiger charge is -2.32. The van der Waals surface area contributed by atoms with Gasteiger partial charge in [-0.05, 0) is 54.3 Å². The minimum absolute atomic E-state index is 0.0234. The summed E-state index contributed by atoms with van der Waals surface area (Å²) in [5, 5.41) is 3.91. The Labute approximate surface area is 223 Å². The van der Waals surface area contributed by atoms with Gasteiger partial charge in [0.1, 0.15) is 11.8 Å². The number of hydrogen-bond donors (Lipinski definition) is 1. The topological polar surface area (TPSA) is 58.6 Å². The predicted molar refractivity (Wildman–Crippen MR) is 146 cm³/mol. The summed E-state index contributed by atoms with van der Waals surface area (Å²) in [6.07, 6.45) is 1.13. The molecule has 7 heteroatoms. The summed E-state index contributed by atoms with van der Waals surface area (Å²) < 4.78 is 5.38. The molecule has 0 fully saturated rings. The van der Waals surface area contributed by atoms with E-state index in [1.807, 2.05) is 68.4 Å². The van der Waals surface area contributed by atoms with E-state index in [0.29, 0.717) is 27.8 Å². The van der Waals surface area contributed by atoms with Crippen molar-refractivity contribution in [1.29, 1.82) is 0 Å². The number of methoxy groups -OCH3 is 1. The Hall–Kier alpha value is -3.02. The van der Waals surface area contributed by atoms with Gasteiger partial charge in [-0.1, -0.05) is 78.7 Å². The lowest BCUT2D eigenvalue weighted by molar-refractivity contribution is -0.141. The van der Waals surface area contributed by atoms with Gasteiger partial charge in [-0.25, -0.2) is 0 Å². The van der Waals surface area contributed by atoms with Crippen LogP contribution in [0, 0.1) is 0 Å². The van der Waals surface area contributed by atoms with Crippen molar-refractivity contribution < 1.29 is 14.3 Å². The second-order valence-electron chi connectivity index (χ2n) is 8.77. The summed E-state index contributed by atoms with van der Waals surface area (Å²) in [6.45, 7) is 4.19. The molecule has 3 rings (SSSR count). The quantitative estimate of drug-likeness (QED) is 0.328. The maximum absolute atomic E-state index is 13.9. The number of nitrogens with zero attached hydrogens (tertiary/aromatic N) is 1. The third-order valence-corrected chi connectivity index (χ3v) is 6.86. The van der Waals surface area contributed by atoms with Crippen molar-refractivity contribution >= 4 is 35.0 Å². The Kier molecular flexibility index (Phi) is 10.2. The maximum Gasteiger partial charge on any atom is 0.243 e. The van der Waals surface area contributed by atoms with E-state index in [4.69, 9.17) is 27.9 Å². The Balaban J connectivity index is 2.02. The van der Waals surface area contributed by atoms with Crippen molar-refractivity contribution in [2.24, 2.45) is 0 Å². The Morgan fingerprint density at radius 1 is 0.944 bits per heavy atom. The molecular formula is C29H32Cl2N2O3. The highest BCUT2D eigenvalue weighted by atomic mass is 35.5. The lowest BCUT2D eigenvalue weighted by Crippen LogP contribution is -2.52. The minimum Gasteiger partial charge on any atom is -0.497 e. The highest BCUT2D eigenvalue weighted by Crippen LogP contribution is 2.26. The van der Waals surface area contributed by atoms with Crippen LogP contribution in [-0.4, -0.2) is 35.9 Å². The summed E-state index contributed by atoms with van der Waals surface area (Å²) in [5.41, 5.74) is 2.35. The number of rotatable bonds is 11. The van der Waals surface area contributed by atoms with E-state index in [1.165, 1.54) is 0 Å². The van der Waals surface area contributed by atoms with E-state index in [1.54, 1.807) is 30.2 Å². The molecule has 3 aromatic rings. The van der Waals surface area contributed by atoms with Crippen LogP contribution in [0.15, 0.2) is 72.8 Å². The Morgan fingerprint density at radius 3 is 2.22 bits per heavy atom. The van der Waals surface area contributed by atoms with E-state index in [-0.39, 0.29) is 30.8 Å². The van der Waals surface area contributed by atoms with Crippen molar-refractivity contribution in [2.75, 3.05) is 7.11 Å². The summed E-state index contributed by atoms with van der Waals surface area (Å²) in [5.74, 6) is 0.237. The molecular weight excluding hydrogens is 495 g/mol. The molecule has 36 heavy (non-hydrogen) atoms. The molecule has 0 radical (unpaired) electrons. The number of amides is 2. The molecule has 2 atom stereocenters. The molecule has 0 aliphatic heterocycles.